The number of hydrogen-bond acceptors (Lipinski definition) is 4. The van der Waals surface area contributed by atoms with E-state index in [0.717, 1.165) is 70.2 Å². The summed E-state index contributed by atoms with van der Waals surface area (Å²) in [7, 11) is 0. The van der Waals surface area contributed by atoms with Gasteiger partial charge in [-0.2, -0.15) is 0 Å². The van der Waals surface area contributed by atoms with E-state index >= 15 is 0 Å². The van der Waals surface area contributed by atoms with Gasteiger partial charge >= 0.3 is 0 Å². The van der Waals surface area contributed by atoms with Crippen molar-refractivity contribution >= 4 is 0 Å². The van der Waals surface area contributed by atoms with Gasteiger partial charge in [0, 0.05) is 0 Å². The Morgan fingerprint density at radius 3 is 1.67 bits per heavy atom. The van der Waals surface area contributed by atoms with E-state index in [9.17, 15) is 0 Å². The van der Waals surface area contributed by atoms with E-state index in [1.165, 1.54) is 22.3 Å². The average Bonchev–Trinajstić information content (AvgIpc) is 3.05. The average molecular weight is 369 g/mol. The van der Waals surface area contributed by atoms with Crippen molar-refractivity contribution in [3.05, 3.63) is 47.5 Å². The van der Waals surface area contributed by atoms with E-state index < -0.39 is 0 Å². The van der Waals surface area contributed by atoms with Gasteiger partial charge in [-0.25, -0.2) is 0 Å². The van der Waals surface area contributed by atoms with Crippen LogP contribution in [-0.2, 0) is 6.42 Å². The number of fused-ring (bicyclic) bond motifs is 3. The highest BCUT2D eigenvalue weighted by Gasteiger charge is 2.19. The minimum absolute atomic E-state index is 0.744. The van der Waals surface area contributed by atoms with Crippen molar-refractivity contribution in [1.82, 2.24) is 10.6 Å². The predicted octanol–water partition coefficient (Wildman–Crippen LogP) is 4.01. The summed E-state index contributed by atoms with van der Waals surface area (Å²) in [6, 6.07) is 13.0. The maximum atomic E-state index is 5.95. The molecule has 3 rings (SSSR count). The smallest absolute Gasteiger partial charge is 0.119 e. The first-order valence-electron chi connectivity index (χ1n) is 10.2. The predicted molar refractivity (Wildman–Crippen MR) is 112 cm³/mol. The molecule has 0 fully saturated rings. The van der Waals surface area contributed by atoms with Crippen LogP contribution in [0, 0.1) is 0 Å². The minimum atomic E-state index is 0.744. The summed E-state index contributed by atoms with van der Waals surface area (Å²) in [4.78, 5) is 0. The summed E-state index contributed by atoms with van der Waals surface area (Å²) in [5.41, 5.74) is 5.31. The monoisotopic (exact) mass is 368 g/mol. The van der Waals surface area contributed by atoms with Crippen LogP contribution in [0.1, 0.15) is 37.8 Å². The molecule has 1 aliphatic rings. The first kappa shape index (κ1) is 19.7. The van der Waals surface area contributed by atoms with Gasteiger partial charge in [0.05, 0.1) is 13.2 Å². The van der Waals surface area contributed by atoms with Crippen molar-refractivity contribution in [2.45, 2.75) is 33.1 Å². The van der Waals surface area contributed by atoms with E-state index in [1.54, 1.807) is 0 Å². The van der Waals surface area contributed by atoms with Gasteiger partial charge in [0.1, 0.15) is 11.5 Å². The van der Waals surface area contributed by atoms with Gasteiger partial charge in [0.15, 0.2) is 0 Å². The van der Waals surface area contributed by atoms with Crippen LogP contribution >= 0.6 is 0 Å². The molecule has 0 spiro atoms. The Bertz CT molecular complexity index is 669. The van der Waals surface area contributed by atoms with Crippen LogP contribution in [0.5, 0.6) is 11.5 Å². The third-order valence-electron chi connectivity index (χ3n) is 4.87. The summed E-state index contributed by atoms with van der Waals surface area (Å²) < 4.78 is 11.9. The van der Waals surface area contributed by atoms with E-state index in [0.29, 0.717) is 0 Å². The quantitative estimate of drug-likeness (QED) is 0.474. The molecule has 0 saturated heterocycles. The molecule has 146 valence electrons. The molecule has 0 atom stereocenters. The second kappa shape index (κ2) is 10.3. The van der Waals surface area contributed by atoms with Crippen LogP contribution in [0.25, 0.3) is 11.1 Å². The Morgan fingerprint density at radius 2 is 1.22 bits per heavy atom. The van der Waals surface area contributed by atoms with Crippen LogP contribution in [0.15, 0.2) is 36.4 Å². The molecule has 2 aromatic rings. The summed E-state index contributed by atoms with van der Waals surface area (Å²) in [5, 5.41) is 6.65. The molecule has 0 amide bonds. The fraction of sp³-hybridized carbons (Fsp3) is 0.478. The van der Waals surface area contributed by atoms with Crippen molar-refractivity contribution in [2.24, 2.45) is 0 Å². The van der Waals surface area contributed by atoms with Gasteiger partial charge in [-0.3, -0.25) is 0 Å². The van der Waals surface area contributed by atoms with Crippen molar-refractivity contribution in [3.63, 3.8) is 0 Å². The lowest BCUT2D eigenvalue weighted by Crippen LogP contribution is -2.16. The van der Waals surface area contributed by atoms with Gasteiger partial charge in [-0.05, 0) is 92.0 Å². The molecule has 0 radical (unpaired) electrons. The number of nitrogens with one attached hydrogen (secondary N) is 2. The van der Waals surface area contributed by atoms with Crippen LogP contribution in [0.4, 0.5) is 0 Å². The molecule has 1 aliphatic carbocycles. The Morgan fingerprint density at radius 1 is 0.741 bits per heavy atom. The van der Waals surface area contributed by atoms with E-state index in [4.69, 9.17) is 9.47 Å². The number of rotatable bonds is 12. The SMILES string of the molecule is CCNCCCOc1ccc2c(c1)-c1cc(OCCCNCC)ccc1C2. The summed E-state index contributed by atoms with van der Waals surface area (Å²) in [6.07, 6.45) is 3.03. The molecule has 2 aromatic carbocycles. The third kappa shape index (κ3) is 5.47. The minimum Gasteiger partial charge on any atom is -0.494 e. The fourth-order valence-corrected chi connectivity index (χ4v) is 3.43. The highest BCUT2D eigenvalue weighted by molar-refractivity contribution is 5.78. The molecule has 27 heavy (non-hydrogen) atoms. The molecule has 0 saturated carbocycles. The van der Waals surface area contributed by atoms with Crippen molar-refractivity contribution in [1.29, 1.82) is 0 Å². The summed E-state index contributed by atoms with van der Waals surface area (Å²) >= 11 is 0. The van der Waals surface area contributed by atoms with Gasteiger partial charge in [-0.15, -0.1) is 0 Å². The van der Waals surface area contributed by atoms with E-state index in [-0.39, 0.29) is 0 Å². The molecule has 0 aliphatic heterocycles. The Hall–Kier alpha value is -2.04. The second-order valence-corrected chi connectivity index (χ2v) is 6.93. The van der Waals surface area contributed by atoms with E-state index in [1.807, 2.05) is 0 Å². The Kier molecular flexibility index (Phi) is 7.55. The highest BCUT2D eigenvalue weighted by atomic mass is 16.5. The van der Waals surface area contributed by atoms with Crippen LogP contribution in [0.2, 0.25) is 0 Å². The molecule has 0 aromatic heterocycles. The van der Waals surface area contributed by atoms with Crippen molar-refractivity contribution < 1.29 is 9.47 Å². The summed E-state index contributed by atoms with van der Waals surface area (Å²) in [5.74, 6) is 1.91. The van der Waals surface area contributed by atoms with Crippen molar-refractivity contribution in [3.8, 4) is 22.6 Å². The maximum Gasteiger partial charge on any atom is 0.119 e. The van der Waals surface area contributed by atoms with Crippen molar-refractivity contribution in [2.75, 3.05) is 39.4 Å². The molecule has 0 heterocycles. The highest BCUT2D eigenvalue weighted by Crippen LogP contribution is 2.40. The first-order valence-corrected chi connectivity index (χ1v) is 10.2. The van der Waals surface area contributed by atoms with E-state index in [2.05, 4.69) is 60.9 Å². The molecular weight excluding hydrogens is 336 g/mol. The molecule has 0 bridgehead atoms. The maximum absolute atomic E-state index is 5.95. The number of hydrogen-bond donors (Lipinski definition) is 2. The normalized spacial score (nSPS) is 11.9. The fourth-order valence-electron chi connectivity index (χ4n) is 3.43. The molecule has 2 N–H and O–H groups in total. The molecular formula is C23H32N2O2. The summed E-state index contributed by atoms with van der Waals surface area (Å²) in [6.45, 7) is 9.75. The lowest BCUT2D eigenvalue weighted by atomic mass is 10.1. The van der Waals surface area contributed by atoms with Crippen LogP contribution in [-0.4, -0.2) is 39.4 Å². The standard InChI is InChI=1S/C23H32N2O2/c1-3-24-11-5-13-26-20-9-7-18-15-19-8-10-21(17-23(19)22(18)16-20)27-14-6-12-25-4-2/h7-10,16-17,24-25H,3-6,11-15H2,1-2H3. The number of ether oxygens (including phenoxy) is 2. The Balaban J connectivity index is 1.61. The molecule has 4 nitrogen and oxygen atoms in total. The van der Waals surface area contributed by atoms with Gasteiger partial charge in [0.2, 0.25) is 0 Å². The first-order chi connectivity index (χ1) is 13.3. The third-order valence-corrected chi connectivity index (χ3v) is 4.87. The zero-order valence-corrected chi connectivity index (χ0v) is 16.6. The lowest BCUT2D eigenvalue weighted by molar-refractivity contribution is 0.308. The molecule has 4 heteroatoms. The Labute approximate surface area is 163 Å². The zero-order valence-electron chi connectivity index (χ0n) is 16.6. The topological polar surface area (TPSA) is 42.5 Å². The largest absolute Gasteiger partial charge is 0.494 e. The lowest BCUT2D eigenvalue weighted by Gasteiger charge is -2.10. The number of benzene rings is 2. The molecule has 0 unspecified atom stereocenters. The van der Waals surface area contributed by atoms with Gasteiger partial charge in [0.25, 0.3) is 0 Å². The van der Waals surface area contributed by atoms with Crippen LogP contribution < -0.4 is 20.1 Å². The van der Waals surface area contributed by atoms with Crippen LogP contribution in [0.3, 0.4) is 0 Å². The zero-order chi connectivity index (χ0) is 18.9. The van der Waals surface area contributed by atoms with Gasteiger partial charge in [-0.1, -0.05) is 26.0 Å². The second-order valence-electron chi connectivity index (χ2n) is 6.93. The van der Waals surface area contributed by atoms with Gasteiger partial charge < -0.3 is 20.1 Å².